The molecule has 1 aromatic rings. The molecule has 0 saturated carbocycles. The van der Waals surface area contributed by atoms with Crippen molar-refractivity contribution in [2.45, 2.75) is 19.3 Å². The highest BCUT2D eigenvalue weighted by Gasteiger charge is 1.98. The van der Waals surface area contributed by atoms with Gasteiger partial charge in [-0.25, -0.2) is 0 Å². The maximum Gasteiger partial charge on any atom is 0.305 e. The van der Waals surface area contributed by atoms with E-state index in [4.69, 9.17) is 4.74 Å². The maximum absolute atomic E-state index is 10.8. The predicted molar refractivity (Wildman–Crippen MR) is 70.7 cm³/mol. The smallest absolute Gasteiger partial charge is 0.305 e. The number of ether oxygens (including phenoxy) is 2. The first kappa shape index (κ1) is 14.5. The summed E-state index contributed by atoms with van der Waals surface area (Å²) in [5, 5.41) is 3.26. The number of methoxy groups -OCH3 is 1. The Balaban J connectivity index is 1.89. The lowest BCUT2D eigenvalue weighted by Crippen LogP contribution is -2.19. The van der Waals surface area contributed by atoms with Gasteiger partial charge in [0.25, 0.3) is 0 Å². The Morgan fingerprint density at radius 2 is 1.89 bits per heavy atom. The number of hydrogen-bond acceptors (Lipinski definition) is 4. The number of hydrogen-bond donors (Lipinski definition) is 1. The molecule has 0 unspecified atom stereocenters. The van der Waals surface area contributed by atoms with Crippen molar-refractivity contribution < 1.29 is 14.3 Å². The molecule has 0 aliphatic rings. The summed E-state index contributed by atoms with van der Waals surface area (Å²) < 4.78 is 10.1. The van der Waals surface area contributed by atoms with Gasteiger partial charge in [0.15, 0.2) is 0 Å². The molecule has 0 saturated heterocycles. The van der Waals surface area contributed by atoms with Crippen LogP contribution in [-0.4, -0.2) is 32.8 Å². The fourth-order valence-corrected chi connectivity index (χ4v) is 1.49. The van der Waals surface area contributed by atoms with Gasteiger partial charge in [0.2, 0.25) is 0 Å². The van der Waals surface area contributed by atoms with Crippen molar-refractivity contribution in [2.75, 3.05) is 26.8 Å². The molecule has 0 bridgehead atoms. The third-order valence-corrected chi connectivity index (χ3v) is 2.47. The van der Waals surface area contributed by atoms with E-state index in [-0.39, 0.29) is 5.97 Å². The van der Waals surface area contributed by atoms with Crippen LogP contribution in [0.15, 0.2) is 30.3 Å². The minimum atomic E-state index is -0.149. The van der Waals surface area contributed by atoms with Crippen LogP contribution in [0.25, 0.3) is 0 Å². The molecule has 0 heterocycles. The Hall–Kier alpha value is -1.55. The lowest BCUT2D eigenvalue weighted by Gasteiger charge is -2.06. The summed E-state index contributed by atoms with van der Waals surface area (Å²) >= 11 is 0. The number of nitrogens with one attached hydrogen (secondary N) is 1. The van der Waals surface area contributed by atoms with Gasteiger partial charge in [-0.15, -0.1) is 0 Å². The molecule has 1 N–H and O–H groups in total. The number of rotatable bonds is 9. The summed E-state index contributed by atoms with van der Waals surface area (Å²) in [6.07, 6.45) is 2.24. The standard InChI is InChI=1S/C14H21NO3/c1-17-14(16)9-5-10-15-11-6-12-18-13-7-3-2-4-8-13/h2-4,7-8,15H,5-6,9-12H2,1H3. The van der Waals surface area contributed by atoms with Gasteiger partial charge in [-0.05, 0) is 38.1 Å². The SMILES string of the molecule is COC(=O)CCCNCCCOc1ccccc1. The van der Waals surface area contributed by atoms with E-state index < -0.39 is 0 Å². The number of carbonyl (C=O) groups is 1. The Morgan fingerprint density at radius 3 is 2.61 bits per heavy atom. The topological polar surface area (TPSA) is 47.6 Å². The molecule has 1 aromatic carbocycles. The van der Waals surface area contributed by atoms with Crippen LogP contribution >= 0.6 is 0 Å². The highest BCUT2D eigenvalue weighted by Crippen LogP contribution is 2.07. The van der Waals surface area contributed by atoms with Crippen LogP contribution in [0.2, 0.25) is 0 Å². The van der Waals surface area contributed by atoms with Crippen molar-refractivity contribution in [3.63, 3.8) is 0 Å². The molecule has 4 heteroatoms. The third kappa shape index (κ3) is 6.91. The van der Waals surface area contributed by atoms with Crippen molar-refractivity contribution in [3.05, 3.63) is 30.3 Å². The van der Waals surface area contributed by atoms with E-state index in [2.05, 4.69) is 10.1 Å². The zero-order valence-electron chi connectivity index (χ0n) is 10.9. The van der Waals surface area contributed by atoms with E-state index in [1.165, 1.54) is 7.11 Å². The van der Waals surface area contributed by atoms with Crippen LogP contribution in [0.3, 0.4) is 0 Å². The van der Waals surface area contributed by atoms with Crippen molar-refractivity contribution in [1.29, 1.82) is 0 Å². The monoisotopic (exact) mass is 251 g/mol. The molecule has 4 nitrogen and oxygen atoms in total. The number of esters is 1. The van der Waals surface area contributed by atoms with Crippen molar-refractivity contribution in [1.82, 2.24) is 5.32 Å². The average Bonchev–Trinajstić information content (AvgIpc) is 2.42. The molecular weight excluding hydrogens is 230 g/mol. The quantitative estimate of drug-likeness (QED) is 0.538. The molecule has 100 valence electrons. The summed E-state index contributed by atoms with van der Waals surface area (Å²) in [6.45, 7) is 2.43. The van der Waals surface area contributed by atoms with E-state index in [0.717, 1.165) is 31.7 Å². The second kappa shape index (κ2) is 9.48. The molecule has 1 rings (SSSR count). The van der Waals surface area contributed by atoms with Crippen LogP contribution in [0.1, 0.15) is 19.3 Å². The minimum absolute atomic E-state index is 0.149. The van der Waals surface area contributed by atoms with Crippen molar-refractivity contribution in [3.8, 4) is 5.75 Å². The highest BCUT2D eigenvalue weighted by molar-refractivity contribution is 5.69. The Kier molecular flexibility index (Phi) is 7.64. The summed E-state index contributed by atoms with van der Waals surface area (Å²) in [5.41, 5.74) is 0. The Labute approximate surface area is 108 Å². The molecule has 0 amide bonds. The third-order valence-electron chi connectivity index (χ3n) is 2.47. The van der Waals surface area contributed by atoms with Gasteiger partial charge in [-0.2, -0.15) is 0 Å². The van der Waals surface area contributed by atoms with Gasteiger partial charge in [0.1, 0.15) is 5.75 Å². The normalized spacial score (nSPS) is 10.1. The van der Waals surface area contributed by atoms with Gasteiger partial charge >= 0.3 is 5.97 Å². The highest BCUT2D eigenvalue weighted by atomic mass is 16.5. The van der Waals surface area contributed by atoms with E-state index in [9.17, 15) is 4.79 Å². The summed E-state index contributed by atoms with van der Waals surface area (Å²) in [5.74, 6) is 0.757. The zero-order chi connectivity index (χ0) is 13.1. The van der Waals surface area contributed by atoms with E-state index in [0.29, 0.717) is 13.0 Å². The van der Waals surface area contributed by atoms with Crippen molar-refractivity contribution in [2.24, 2.45) is 0 Å². The van der Waals surface area contributed by atoms with Gasteiger partial charge in [0, 0.05) is 6.42 Å². The van der Waals surface area contributed by atoms with Gasteiger partial charge in [0.05, 0.1) is 13.7 Å². The summed E-state index contributed by atoms with van der Waals surface area (Å²) in [6, 6.07) is 9.78. The first-order valence-electron chi connectivity index (χ1n) is 6.28. The Morgan fingerprint density at radius 1 is 1.17 bits per heavy atom. The second-order valence-corrected chi connectivity index (χ2v) is 3.94. The molecule has 0 radical (unpaired) electrons. The van der Waals surface area contributed by atoms with Crippen LogP contribution in [0, 0.1) is 0 Å². The molecule has 18 heavy (non-hydrogen) atoms. The molecular formula is C14H21NO3. The number of benzene rings is 1. The van der Waals surface area contributed by atoms with Gasteiger partial charge in [-0.3, -0.25) is 4.79 Å². The summed E-state index contributed by atoms with van der Waals surface area (Å²) in [7, 11) is 1.41. The van der Waals surface area contributed by atoms with E-state index in [1.807, 2.05) is 30.3 Å². The lowest BCUT2D eigenvalue weighted by molar-refractivity contribution is -0.140. The van der Waals surface area contributed by atoms with Crippen LogP contribution < -0.4 is 10.1 Å². The van der Waals surface area contributed by atoms with Crippen molar-refractivity contribution >= 4 is 5.97 Å². The molecule has 0 aromatic heterocycles. The second-order valence-electron chi connectivity index (χ2n) is 3.94. The number of para-hydroxylation sites is 1. The fraction of sp³-hybridized carbons (Fsp3) is 0.500. The molecule has 0 atom stereocenters. The lowest BCUT2D eigenvalue weighted by atomic mass is 10.3. The number of carbonyl (C=O) groups excluding carboxylic acids is 1. The van der Waals surface area contributed by atoms with Gasteiger partial charge < -0.3 is 14.8 Å². The largest absolute Gasteiger partial charge is 0.494 e. The fourth-order valence-electron chi connectivity index (χ4n) is 1.49. The first-order valence-corrected chi connectivity index (χ1v) is 6.28. The molecule has 0 aliphatic carbocycles. The summed E-state index contributed by atoms with van der Waals surface area (Å²) in [4.78, 5) is 10.8. The Bertz CT molecular complexity index is 327. The molecule has 0 spiro atoms. The van der Waals surface area contributed by atoms with Crippen LogP contribution in [0.5, 0.6) is 5.75 Å². The predicted octanol–water partition coefficient (Wildman–Crippen LogP) is 2.00. The van der Waals surface area contributed by atoms with E-state index in [1.54, 1.807) is 0 Å². The zero-order valence-corrected chi connectivity index (χ0v) is 10.9. The van der Waals surface area contributed by atoms with E-state index >= 15 is 0 Å². The molecule has 0 aliphatic heterocycles. The first-order chi connectivity index (χ1) is 8.83. The molecule has 0 fully saturated rings. The van der Waals surface area contributed by atoms with Crippen LogP contribution in [-0.2, 0) is 9.53 Å². The average molecular weight is 251 g/mol. The minimum Gasteiger partial charge on any atom is -0.494 e. The maximum atomic E-state index is 10.8. The van der Waals surface area contributed by atoms with Gasteiger partial charge in [-0.1, -0.05) is 18.2 Å². The van der Waals surface area contributed by atoms with Crippen LogP contribution in [0.4, 0.5) is 0 Å².